The number of hydrogen-bond acceptors (Lipinski definition) is 1. The number of aromatic amines is 1. The SMILES string of the molecule is CC1(C)C#CCc2cn[nH]c2C=C1. The van der Waals surface area contributed by atoms with Crippen LogP contribution >= 0.6 is 0 Å². The number of allylic oxidation sites excluding steroid dienone is 1. The van der Waals surface area contributed by atoms with E-state index < -0.39 is 0 Å². The summed E-state index contributed by atoms with van der Waals surface area (Å²) >= 11 is 0. The highest BCUT2D eigenvalue weighted by Crippen LogP contribution is 2.20. The summed E-state index contributed by atoms with van der Waals surface area (Å²) < 4.78 is 0. The van der Waals surface area contributed by atoms with Gasteiger partial charge in [-0.2, -0.15) is 5.10 Å². The van der Waals surface area contributed by atoms with Gasteiger partial charge in [0.15, 0.2) is 0 Å². The van der Waals surface area contributed by atoms with Crippen LogP contribution in [-0.4, -0.2) is 10.2 Å². The number of hydrogen-bond donors (Lipinski definition) is 1. The van der Waals surface area contributed by atoms with Gasteiger partial charge in [-0.25, -0.2) is 0 Å². The summed E-state index contributed by atoms with van der Waals surface area (Å²) in [6.45, 7) is 4.22. The molecule has 0 atom stereocenters. The van der Waals surface area contributed by atoms with Crippen molar-refractivity contribution in [2.75, 3.05) is 0 Å². The zero-order chi connectivity index (χ0) is 9.31. The number of nitrogens with one attached hydrogen (secondary N) is 1. The second kappa shape index (κ2) is 2.77. The van der Waals surface area contributed by atoms with Gasteiger partial charge >= 0.3 is 0 Å². The first-order chi connectivity index (χ1) is 6.17. The van der Waals surface area contributed by atoms with E-state index in [1.807, 2.05) is 6.20 Å². The summed E-state index contributed by atoms with van der Waals surface area (Å²) in [5.74, 6) is 6.37. The van der Waals surface area contributed by atoms with Crippen LogP contribution in [0.2, 0.25) is 0 Å². The number of H-pyrrole nitrogens is 1. The van der Waals surface area contributed by atoms with Crippen LogP contribution in [0.1, 0.15) is 25.1 Å². The standard InChI is InChI=1S/C11H12N2/c1-11(2)6-3-4-9-8-12-13-10(9)5-7-11/h5,7-8H,4H2,1-2H3,(H,12,13). The molecule has 0 saturated heterocycles. The minimum atomic E-state index is -0.0250. The molecule has 1 heterocycles. The van der Waals surface area contributed by atoms with Crippen LogP contribution in [0.25, 0.3) is 6.08 Å². The van der Waals surface area contributed by atoms with Crippen molar-refractivity contribution in [1.29, 1.82) is 0 Å². The lowest BCUT2D eigenvalue weighted by molar-refractivity contribution is 0.657. The smallest absolute Gasteiger partial charge is 0.0616 e. The van der Waals surface area contributed by atoms with E-state index in [4.69, 9.17) is 0 Å². The molecule has 0 fully saturated rings. The minimum Gasteiger partial charge on any atom is -0.278 e. The summed E-state index contributed by atoms with van der Waals surface area (Å²) in [4.78, 5) is 0. The Hall–Kier alpha value is -1.49. The third kappa shape index (κ3) is 1.65. The Morgan fingerprint density at radius 1 is 1.54 bits per heavy atom. The van der Waals surface area contributed by atoms with Crippen molar-refractivity contribution in [2.24, 2.45) is 5.41 Å². The first-order valence-corrected chi connectivity index (χ1v) is 4.39. The van der Waals surface area contributed by atoms with Crippen molar-refractivity contribution in [3.63, 3.8) is 0 Å². The molecule has 2 rings (SSSR count). The molecule has 1 aliphatic carbocycles. The fraction of sp³-hybridized carbons (Fsp3) is 0.364. The molecule has 2 nitrogen and oxygen atoms in total. The van der Waals surface area contributed by atoms with Gasteiger partial charge in [-0.15, -0.1) is 0 Å². The van der Waals surface area contributed by atoms with Gasteiger partial charge in [0.1, 0.15) is 0 Å². The predicted molar refractivity (Wildman–Crippen MR) is 52.9 cm³/mol. The van der Waals surface area contributed by atoms with Crippen LogP contribution in [0.5, 0.6) is 0 Å². The summed E-state index contributed by atoms with van der Waals surface area (Å²) in [5, 5.41) is 6.95. The lowest BCUT2D eigenvalue weighted by atomic mass is 9.91. The second-order valence-electron chi connectivity index (χ2n) is 3.84. The van der Waals surface area contributed by atoms with Crippen molar-refractivity contribution >= 4 is 6.08 Å². The maximum atomic E-state index is 3.99. The lowest BCUT2D eigenvalue weighted by Gasteiger charge is -2.12. The molecule has 13 heavy (non-hydrogen) atoms. The number of aromatic nitrogens is 2. The van der Waals surface area contributed by atoms with Gasteiger partial charge in [0.2, 0.25) is 0 Å². The van der Waals surface area contributed by atoms with E-state index in [-0.39, 0.29) is 5.41 Å². The summed E-state index contributed by atoms with van der Waals surface area (Å²) in [6.07, 6.45) is 6.80. The Labute approximate surface area is 78.1 Å². The Bertz CT molecular complexity index is 399. The van der Waals surface area contributed by atoms with Gasteiger partial charge in [-0.1, -0.05) is 17.9 Å². The average molecular weight is 172 g/mol. The van der Waals surface area contributed by atoms with Crippen molar-refractivity contribution in [3.8, 4) is 11.8 Å². The fourth-order valence-electron chi connectivity index (χ4n) is 1.31. The molecule has 0 spiro atoms. The quantitative estimate of drug-likeness (QED) is 0.596. The lowest BCUT2D eigenvalue weighted by Crippen LogP contribution is -2.04. The van der Waals surface area contributed by atoms with Gasteiger partial charge in [0.25, 0.3) is 0 Å². The molecule has 0 amide bonds. The van der Waals surface area contributed by atoms with Crippen molar-refractivity contribution < 1.29 is 0 Å². The third-order valence-electron chi connectivity index (χ3n) is 2.11. The van der Waals surface area contributed by atoms with Gasteiger partial charge in [-0.3, -0.25) is 5.10 Å². The van der Waals surface area contributed by atoms with Crippen LogP contribution in [0, 0.1) is 17.3 Å². The molecule has 1 N–H and O–H groups in total. The van der Waals surface area contributed by atoms with E-state index in [9.17, 15) is 0 Å². The second-order valence-corrected chi connectivity index (χ2v) is 3.84. The van der Waals surface area contributed by atoms with Crippen molar-refractivity contribution in [3.05, 3.63) is 23.5 Å². The number of nitrogens with zero attached hydrogens (tertiary/aromatic N) is 1. The molecule has 0 unspecified atom stereocenters. The molecule has 2 heteroatoms. The summed E-state index contributed by atoms with van der Waals surface area (Å²) in [5.41, 5.74) is 2.24. The van der Waals surface area contributed by atoms with Crippen LogP contribution < -0.4 is 0 Å². The topological polar surface area (TPSA) is 28.7 Å². The number of rotatable bonds is 0. The predicted octanol–water partition coefficient (Wildman–Crippen LogP) is 2.01. The highest BCUT2D eigenvalue weighted by atomic mass is 15.1. The minimum absolute atomic E-state index is 0.0250. The highest BCUT2D eigenvalue weighted by Gasteiger charge is 2.11. The van der Waals surface area contributed by atoms with E-state index >= 15 is 0 Å². The fourth-order valence-corrected chi connectivity index (χ4v) is 1.31. The zero-order valence-corrected chi connectivity index (χ0v) is 7.89. The highest BCUT2D eigenvalue weighted by molar-refractivity contribution is 5.52. The molecule has 66 valence electrons. The van der Waals surface area contributed by atoms with Gasteiger partial charge < -0.3 is 0 Å². The molecule has 0 saturated carbocycles. The van der Waals surface area contributed by atoms with E-state index in [0.717, 1.165) is 12.1 Å². The zero-order valence-electron chi connectivity index (χ0n) is 7.89. The molecule has 1 aliphatic rings. The normalized spacial score (nSPS) is 18.0. The van der Waals surface area contributed by atoms with Crippen LogP contribution in [0.3, 0.4) is 0 Å². The number of fused-ring (bicyclic) bond motifs is 1. The summed E-state index contributed by atoms with van der Waals surface area (Å²) in [6, 6.07) is 0. The molecule has 1 aromatic rings. The van der Waals surface area contributed by atoms with E-state index in [1.54, 1.807) is 0 Å². The Balaban J connectivity index is 2.44. The van der Waals surface area contributed by atoms with Gasteiger partial charge in [-0.05, 0) is 19.9 Å². The molecular formula is C11H12N2. The van der Waals surface area contributed by atoms with E-state index in [2.05, 4.69) is 48.0 Å². The van der Waals surface area contributed by atoms with Crippen LogP contribution in [-0.2, 0) is 6.42 Å². The molecular weight excluding hydrogens is 160 g/mol. The monoisotopic (exact) mass is 172 g/mol. The Morgan fingerprint density at radius 3 is 3.23 bits per heavy atom. The average Bonchev–Trinajstić information content (AvgIpc) is 2.46. The van der Waals surface area contributed by atoms with Gasteiger partial charge in [0, 0.05) is 17.4 Å². The van der Waals surface area contributed by atoms with Crippen molar-refractivity contribution in [2.45, 2.75) is 20.3 Å². The molecule has 0 aliphatic heterocycles. The first kappa shape index (κ1) is 8.12. The molecule has 0 bridgehead atoms. The maximum Gasteiger partial charge on any atom is 0.0616 e. The molecule has 1 aromatic heterocycles. The van der Waals surface area contributed by atoms with E-state index in [1.165, 1.54) is 5.56 Å². The summed E-state index contributed by atoms with van der Waals surface area (Å²) in [7, 11) is 0. The van der Waals surface area contributed by atoms with Crippen LogP contribution in [0.15, 0.2) is 12.3 Å². The molecule has 0 aromatic carbocycles. The Kier molecular flexibility index (Phi) is 1.73. The first-order valence-electron chi connectivity index (χ1n) is 4.39. The van der Waals surface area contributed by atoms with E-state index in [0.29, 0.717) is 0 Å². The largest absolute Gasteiger partial charge is 0.278 e. The maximum absolute atomic E-state index is 3.99. The van der Waals surface area contributed by atoms with Gasteiger partial charge in [0.05, 0.1) is 11.9 Å². The van der Waals surface area contributed by atoms with Crippen LogP contribution in [0.4, 0.5) is 0 Å². The third-order valence-corrected chi connectivity index (χ3v) is 2.11. The molecule has 0 radical (unpaired) electrons. The van der Waals surface area contributed by atoms with Crippen molar-refractivity contribution in [1.82, 2.24) is 10.2 Å². The Morgan fingerprint density at radius 2 is 2.38 bits per heavy atom.